The molecule has 20 heavy (non-hydrogen) atoms. The minimum absolute atomic E-state index is 0.0305. The van der Waals surface area contributed by atoms with Crippen LogP contribution in [0.1, 0.15) is 10.4 Å². The number of nitrogens with zero attached hydrogens (tertiary/aromatic N) is 3. The average molecular weight is 314 g/mol. The lowest BCUT2D eigenvalue weighted by Gasteiger charge is -2.05. The first kappa shape index (κ1) is 14.2. The lowest BCUT2D eigenvalue weighted by atomic mass is 10.3. The van der Waals surface area contributed by atoms with Gasteiger partial charge in [-0.15, -0.1) is 0 Å². The van der Waals surface area contributed by atoms with Crippen molar-refractivity contribution in [2.24, 2.45) is 0 Å². The highest BCUT2D eigenvalue weighted by atomic mass is 35.5. The summed E-state index contributed by atoms with van der Waals surface area (Å²) in [5.74, 6) is -0.150. The molecule has 0 amide bonds. The third-order valence-corrected chi connectivity index (χ3v) is 2.91. The molecule has 1 aromatic carbocycles. The van der Waals surface area contributed by atoms with E-state index >= 15 is 0 Å². The van der Waals surface area contributed by atoms with Gasteiger partial charge in [-0.1, -0.05) is 23.2 Å². The molecule has 0 unspecified atom stereocenters. The molecule has 0 aliphatic rings. The van der Waals surface area contributed by atoms with Crippen LogP contribution in [0.15, 0.2) is 24.5 Å². The number of rotatable bonds is 4. The summed E-state index contributed by atoms with van der Waals surface area (Å²) >= 11 is 11.5. The Kier molecular flexibility index (Phi) is 4.11. The maximum atomic E-state index is 10.9. The first-order valence-corrected chi connectivity index (χ1v) is 5.85. The molecule has 0 N–H and O–H groups in total. The van der Waals surface area contributed by atoms with Crippen molar-refractivity contribution in [3.8, 4) is 11.8 Å². The summed E-state index contributed by atoms with van der Waals surface area (Å²) in [5, 5.41) is 11.0. The molecule has 2 aromatic rings. The number of benzene rings is 1. The minimum Gasteiger partial charge on any atom is -0.417 e. The molecule has 0 saturated carbocycles. The molecule has 0 aliphatic carbocycles. The normalized spacial score (nSPS) is 10.1. The van der Waals surface area contributed by atoms with Crippen LogP contribution in [0.4, 0.5) is 5.69 Å². The van der Waals surface area contributed by atoms with Crippen LogP contribution in [0.3, 0.4) is 0 Å². The predicted octanol–water partition coefficient (Wildman–Crippen LogP) is 3.30. The first-order valence-electron chi connectivity index (χ1n) is 5.10. The number of hydrogen-bond acceptors (Lipinski definition) is 6. The van der Waals surface area contributed by atoms with Crippen molar-refractivity contribution in [1.82, 2.24) is 9.97 Å². The van der Waals surface area contributed by atoms with Gasteiger partial charge in [-0.05, 0) is 0 Å². The molecule has 0 fully saturated rings. The van der Waals surface area contributed by atoms with Crippen LogP contribution in [-0.4, -0.2) is 21.2 Å². The Morgan fingerprint density at radius 1 is 1.20 bits per heavy atom. The summed E-state index contributed by atoms with van der Waals surface area (Å²) in [5.41, 5.74) is -0.122. The number of hydrogen-bond donors (Lipinski definition) is 0. The summed E-state index contributed by atoms with van der Waals surface area (Å²) in [6.45, 7) is 0. The first-order chi connectivity index (χ1) is 9.51. The van der Waals surface area contributed by atoms with E-state index in [0.29, 0.717) is 6.29 Å². The molecule has 0 aliphatic heterocycles. The number of nitro groups is 1. The molecule has 0 spiro atoms. The number of halogens is 2. The summed E-state index contributed by atoms with van der Waals surface area (Å²) in [6.07, 6.45) is 3.00. The van der Waals surface area contributed by atoms with E-state index in [0.717, 1.165) is 6.07 Å². The van der Waals surface area contributed by atoms with Crippen molar-refractivity contribution in [2.45, 2.75) is 0 Å². The standard InChI is InChI=1S/C11H5Cl2N3O4/c12-7-1-9(16(18)19)10(2-8(7)13)20-11-14-3-6(5-17)4-15-11/h1-5H. The van der Waals surface area contributed by atoms with E-state index < -0.39 is 4.92 Å². The third kappa shape index (κ3) is 3.01. The molecule has 0 atom stereocenters. The summed E-state index contributed by atoms with van der Waals surface area (Å²) in [7, 11) is 0. The topological polar surface area (TPSA) is 95.2 Å². The van der Waals surface area contributed by atoms with Crippen LogP contribution in [0.2, 0.25) is 10.0 Å². The van der Waals surface area contributed by atoms with Crippen LogP contribution >= 0.6 is 23.2 Å². The Bertz CT molecular complexity index is 676. The zero-order valence-electron chi connectivity index (χ0n) is 9.62. The summed E-state index contributed by atoms with van der Waals surface area (Å²) in [6, 6.07) is 2.11. The van der Waals surface area contributed by atoms with Crippen LogP contribution in [0.25, 0.3) is 0 Å². The van der Waals surface area contributed by atoms with Gasteiger partial charge < -0.3 is 4.74 Å². The van der Waals surface area contributed by atoms with Crippen molar-refractivity contribution in [3.63, 3.8) is 0 Å². The molecular weight excluding hydrogens is 309 g/mol. The fourth-order valence-corrected chi connectivity index (χ4v) is 1.59. The van der Waals surface area contributed by atoms with E-state index in [4.69, 9.17) is 27.9 Å². The van der Waals surface area contributed by atoms with Crippen LogP contribution < -0.4 is 4.74 Å². The number of aromatic nitrogens is 2. The van der Waals surface area contributed by atoms with Gasteiger partial charge in [0.2, 0.25) is 5.75 Å². The number of aldehydes is 1. The Morgan fingerprint density at radius 2 is 1.80 bits per heavy atom. The maximum absolute atomic E-state index is 10.9. The molecule has 1 heterocycles. The van der Waals surface area contributed by atoms with Crippen molar-refractivity contribution in [1.29, 1.82) is 0 Å². The highest BCUT2D eigenvalue weighted by molar-refractivity contribution is 6.42. The highest BCUT2D eigenvalue weighted by Crippen LogP contribution is 2.37. The van der Waals surface area contributed by atoms with E-state index in [1.165, 1.54) is 18.5 Å². The SMILES string of the molecule is O=Cc1cnc(Oc2cc(Cl)c(Cl)cc2[N+](=O)[O-])nc1. The zero-order valence-corrected chi connectivity index (χ0v) is 11.1. The smallest absolute Gasteiger partial charge is 0.322 e. The molecule has 0 bridgehead atoms. The predicted molar refractivity (Wildman–Crippen MR) is 70.6 cm³/mol. The van der Waals surface area contributed by atoms with Gasteiger partial charge in [0.05, 0.1) is 20.5 Å². The van der Waals surface area contributed by atoms with Crippen LogP contribution in [0.5, 0.6) is 11.8 Å². The van der Waals surface area contributed by atoms with Gasteiger partial charge in [-0.25, -0.2) is 9.97 Å². The Balaban J connectivity index is 2.38. The molecule has 2 rings (SSSR count). The second-order valence-corrected chi connectivity index (χ2v) is 4.32. The van der Waals surface area contributed by atoms with E-state index in [2.05, 4.69) is 9.97 Å². The molecule has 102 valence electrons. The van der Waals surface area contributed by atoms with Crippen LogP contribution in [-0.2, 0) is 0 Å². The number of nitro benzene ring substituents is 1. The van der Waals surface area contributed by atoms with Crippen molar-refractivity contribution >= 4 is 35.2 Å². The molecule has 0 saturated heterocycles. The van der Waals surface area contributed by atoms with Gasteiger partial charge >= 0.3 is 11.7 Å². The molecule has 1 aromatic heterocycles. The number of ether oxygens (including phenoxy) is 1. The summed E-state index contributed by atoms with van der Waals surface area (Å²) < 4.78 is 5.18. The van der Waals surface area contributed by atoms with Gasteiger partial charge in [-0.2, -0.15) is 0 Å². The van der Waals surface area contributed by atoms with Gasteiger partial charge in [-0.3, -0.25) is 14.9 Å². The largest absolute Gasteiger partial charge is 0.417 e. The van der Waals surface area contributed by atoms with Crippen molar-refractivity contribution in [3.05, 3.63) is 50.2 Å². The third-order valence-electron chi connectivity index (χ3n) is 2.18. The second-order valence-electron chi connectivity index (χ2n) is 3.51. The van der Waals surface area contributed by atoms with E-state index in [-0.39, 0.29) is 33.1 Å². The average Bonchev–Trinajstić information content (AvgIpc) is 2.43. The lowest BCUT2D eigenvalue weighted by molar-refractivity contribution is -0.385. The number of carbonyl (C=O) groups excluding carboxylic acids is 1. The van der Waals surface area contributed by atoms with E-state index in [1.807, 2.05) is 0 Å². The second kappa shape index (κ2) is 5.81. The summed E-state index contributed by atoms with van der Waals surface area (Å²) in [4.78, 5) is 28.2. The molecular formula is C11H5Cl2N3O4. The van der Waals surface area contributed by atoms with Gasteiger partial charge in [0.25, 0.3) is 0 Å². The van der Waals surface area contributed by atoms with Crippen molar-refractivity contribution < 1.29 is 14.5 Å². The lowest BCUT2D eigenvalue weighted by Crippen LogP contribution is -1.97. The highest BCUT2D eigenvalue weighted by Gasteiger charge is 2.19. The monoisotopic (exact) mass is 313 g/mol. The fraction of sp³-hybridized carbons (Fsp3) is 0. The van der Waals surface area contributed by atoms with Gasteiger partial charge in [0, 0.05) is 24.5 Å². The molecule has 0 radical (unpaired) electrons. The van der Waals surface area contributed by atoms with E-state index in [1.54, 1.807) is 0 Å². The number of carbonyl (C=O) groups is 1. The molecule has 9 heteroatoms. The zero-order chi connectivity index (χ0) is 14.7. The van der Waals surface area contributed by atoms with Gasteiger partial charge in [0.1, 0.15) is 0 Å². The Labute approximate surface area is 122 Å². The Morgan fingerprint density at radius 3 is 2.35 bits per heavy atom. The maximum Gasteiger partial charge on any atom is 0.322 e. The molecule has 7 nitrogen and oxygen atoms in total. The van der Waals surface area contributed by atoms with E-state index in [9.17, 15) is 14.9 Å². The minimum atomic E-state index is -0.669. The van der Waals surface area contributed by atoms with Crippen molar-refractivity contribution in [2.75, 3.05) is 0 Å². The fourth-order valence-electron chi connectivity index (χ4n) is 1.28. The Hall–Kier alpha value is -2.25. The van der Waals surface area contributed by atoms with Gasteiger partial charge in [0.15, 0.2) is 6.29 Å². The van der Waals surface area contributed by atoms with Crippen LogP contribution in [0, 0.1) is 10.1 Å². The quantitative estimate of drug-likeness (QED) is 0.488.